The molecule has 1 unspecified atom stereocenters. The molecule has 1 atom stereocenters. The summed E-state index contributed by atoms with van der Waals surface area (Å²) in [5, 5.41) is 3.27. The van der Waals surface area contributed by atoms with Crippen LogP contribution in [0.15, 0.2) is 11.7 Å². The van der Waals surface area contributed by atoms with Gasteiger partial charge < -0.3 is 5.32 Å². The Morgan fingerprint density at radius 3 is 3.36 bits per heavy atom. The molecule has 0 saturated carbocycles. The van der Waals surface area contributed by atoms with Gasteiger partial charge in [-0.15, -0.1) is 11.3 Å². The molecule has 78 valence electrons. The fourth-order valence-corrected chi connectivity index (χ4v) is 2.71. The fourth-order valence-electron chi connectivity index (χ4n) is 2.09. The number of likely N-dealkylation sites (tertiary alicyclic amines) is 1. The monoisotopic (exact) mass is 211 g/mol. The number of thiazole rings is 1. The molecule has 1 aromatic heterocycles. The van der Waals surface area contributed by atoms with Crippen molar-refractivity contribution in [2.75, 3.05) is 20.1 Å². The van der Waals surface area contributed by atoms with E-state index in [0.717, 1.165) is 19.1 Å². The second-order valence-electron chi connectivity index (χ2n) is 3.79. The molecular weight excluding hydrogens is 194 g/mol. The van der Waals surface area contributed by atoms with Crippen molar-refractivity contribution in [1.29, 1.82) is 0 Å². The maximum atomic E-state index is 4.11. The van der Waals surface area contributed by atoms with Crippen LogP contribution in [0, 0.1) is 0 Å². The molecular formula is C10H17N3S. The van der Waals surface area contributed by atoms with E-state index in [1.165, 1.54) is 24.3 Å². The Morgan fingerprint density at radius 1 is 1.71 bits per heavy atom. The SMILES string of the molecule is CNCC1CCCN1Cc1cncs1. The highest BCUT2D eigenvalue weighted by atomic mass is 32.1. The molecule has 1 aliphatic heterocycles. The molecule has 0 spiro atoms. The fraction of sp³-hybridized carbons (Fsp3) is 0.700. The number of aromatic nitrogens is 1. The maximum Gasteiger partial charge on any atom is 0.0794 e. The van der Waals surface area contributed by atoms with Gasteiger partial charge in [-0.3, -0.25) is 9.88 Å². The molecule has 0 aromatic carbocycles. The first-order chi connectivity index (χ1) is 6.90. The van der Waals surface area contributed by atoms with Crippen molar-refractivity contribution in [1.82, 2.24) is 15.2 Å². The summed E-state index contributed by atoms with van der Waals surface area (Å²) in [4.78, 5) is 8.05. The molecule has 1 aliphatic rings. The molecule has 1 N–H and O–H groups in total. The van der Waals surface area contributed by atoms with Gasteiger partial charge in [-0.2, -0.15) is 0 Å². The van der Waals surface area contributed by atoms with Crippen LogP contribution in [0.2, 0.25) is 0 Å². The van der Waals surface area contributed by atoms with Crippen LogP contribution in [0.4, 0.5) is 0 Å². The Hall–Kier alpha value is -0.450. The van der Waals surface area contributed by atoms with E-state index >= 15 is 0 Å². The highest BCUT2D eigenvalue weighted by Crippen LogP contribution is 2.20. The van der Waals surface area contributed by atoms with Crippen LogP contribution in [-0.2, 0) is 6.54 Å². The molecule has 0 aliphatic carbocycles. The summed E-state index contributed by atoms with van der Waals surface area (Å²) in [5.74, 6) is 0. The van der Waals surface area contributed by atoms with E-state index in [1.807, 2.05) is 18.8 Å². The minimum absolute atomic E-state index is 0.724. The number of rotatable bonds is 4. The number of likely N-dealkylation sites (N-methyl/N-ethyl adjacent to an activating group) is 1. The van der Waals surface area contributed by atoms with E-state index in [0.29, 0.717) is 0 Å². The van der Waals surface area contributed by atoms with Gasteiger partial charge in [0.2, 0.25) is 0 Å². The van der Waals surface area contributed by atoms with Gasteiger partial charge in [0.25, 0.3) is 0 Å². The highest BCUT2D eigenvalue weighted by Gasteiger charge is 2.23. The summed E-state index contributed by atoms with van der Waals surface area (Å²) < 4.78 is 0. The van der Waals surface area contributed by atoms with Gasteiger partial charge in [-0.1, -0.05) is 0 Å². The quantitative estimate of drug-likeness (QED) is 0.814. The van der Waals surface area contributed by atoms with E-state index < -0.39 is 0 Å². The summed E-state index contributed by atoms with van der Waals surface area (Å²) in [6, 6.07) is 0.724. The van der Waals surface area contributed by atoms with Gasteiger partial charge in [-0.25, -0.2) is 0 Å². The first kappa shape index (κ1) is 10.1. The molecule has 0 radical (unpaired) electrons. The lowest BCUT2D eigenvalue weighted by atomic mass is 10.2. The lowest BCUT2D eigenvalue weighted by molar-refractivity contribution is 0.244. The molecule has 3 nitrogen and oxygen atoms in total. The normalized spacial score (nSPS) is 23.1. The van der Waals surface area contributed by atoms with E-state index in [4.69, 9.17) is 0 Å². The molecule has 0 amide bonds. The van der Waals surface area contributed by atoms with E-state index in [2.05, 4.69) is 15.2 Å². The zero-order valence-corrected chi connectivity index (χ0v) is 9.39. The summed E-state index contributed by atoms with van der Waals surface area (Å²) >= 11 is 1.76. The third-order valence-corrected chi connectivity index (χ3v) is 3.55. The largest absolute Gasteiger partial charge is 0.318 e. The second-order valence-corrected chi connectivity index (χ2v) is 4.76. The van der Waals surface area contributed by atoms with Gasteiger partial charge in [0.15, 0.2) is 0 Å². The molecule has 1 aromatic rings. The van der Waals surface area contributed by atoms with Gasteiger partial charge >= 0.3 is 0 Å². The van der Waals surface area contributed by atoms with Crippen LogP contribution in [0.5, 0.6) is 0 Å². The zero-order valence-electron chi connectivity index (χ0n) is 8.57. The minimum Gasteiger partial charge on any atom is -0.318 e. The topological polar surface area (TPSA) is 28.2 Å². The standard InChI is InChI=1S/C10H17N3S/c1-11-5-9-3-2-4-13(9)7-10-6-12-8-14-10/h6,8-9,11H,2-5,7H2,1H3. The van der Waals surface area contributed by atoms with Gasteiger partial charge in [-0.05, 0) is 26.4 Å². The lowest BCUT2D eigenvalue weighted by Gasteiger charge is -2.23. The third-order valence-electron chi connectivity index (χ3n) is 2.78. The zero-order chi connectivity index (χ0) is 9.80. The molecule has 2 rings (SSSR count). The first-order valence-corrected chi connectivity index (χ1v) is 6.04. The van der Waals surface area contributed by atoms with Gasteiger partial charge in [0, 0.05) is 30.2 Å². The summed E-state index contributed by atoms with van der Waals surface area (Å²) in [6.07, 6.45) is 4.66. The smallest absolute Gasteiger partial charge is 0.0794 e. The summed E-state index contributed by atoms with van der Waals surface area (Å²) in [7, 11) is 2.03. The average Bonchev–Trinajstić information content (AvgIpc) is 2.80. The van der Waals surface area contributed by atoms with Crippen LogP contribution in [0.3, 0.4) is 0 Å². The number of hydrogen-bond acceptors (Lipinski definition) is 4. The second kappa shape index (κ2) is 4.87. The lowest BCUT2D eigenvalue weighted by Crippen LogP contribution is -2.36. The Bertz CT molecular complexity index is 260. The van der Waals surface area contributed by atoms with Crippen molar-refractivity contribution in [2.24, 2.45) is 0 Å². The molecule has 1 saturated heterocycles. The third kappa shape index (κ3) is 2.32. The van der Waals surface area contributed by atoms with E-state index in [1.54, 1.807) is 11.3 Å². The van der Waals surface area contributed by atoms with Crippen LogP contribution in [-0.4, -0.2) is 36.1 Å². The van der Waals surface area contributed by atoms with E-state index in [9.17, 15) is 0 Å². The summed E-state index contributed by atoms with van der Waals surface area (Å²) in [5.41, 5.74) is 1.92. The van der Waals surface area contributed by atoms with Crippen molar-refractivity contribution < 1.29 is 0 Å². The van der Waals surface area contributed by atoms with Crippen LogP contribution in [0.1, 0.15) is 17.7 Å². The highest BCUT2D eigenvalue weighted by molar-refractivity contribution is 7.09. The average molecular weight is 211 g/mol. The Labute approximate surface area is 89.1 Å². The molecule has 14 heavy (non-hydrogen) atoms. The molecule has 4 heteroatoms. The van der Waals surface area contributed by atoms with Gasteiger partial charge in [0.05, 0.1) is 5.51 Å². The molecule has 0 bridgehead atoms. The Balaban J connectivity index is 1.90. The number of nitrogens with zero attached hydrogens (tertiary/aromatic N) is 2. The number of hydrogen-bond donors (Lipinski definition) is 1. The Morgan fingerprint density at radius 2 is 2.64 bits per heavy atom. The van der Waals surface area contributed by atoms with Crippen molar-refractivity contribution in [3.05, 3.63) is 16.6 Å². The van der Waals surface area contributed by atoms with E-state index in [-0.39, 0.29) is 0 Å². The predicted molar refractivity (Wildman–Crippen MR) is 59.5 cm³/mol. The Kier molecular flexibility index (Phi) is 3.50. The van der Waals surface area contributed by atoms with Crippen LogP contribution >= 0.6 is 11.3 Å². The summed E-state index contributed by atoms with van der Waals surface area (Å²) in [6.45, 7) is 3.43. The van der Waals surface area contributed by atoms with Crippen molar-refractivity contribution in [2.45, 2.75) is 25.4 Å². The van der Waals surface area contributed by atoms with Gasteiger partial charge in [0.1, 0.15) is 0 Å². The van der Waals surface area contributed by atoms with Crippen molar-refractivity contribution in [3.63, 3.8) is 0 Å². The van der Waals surface area contributed by atoms with Crippen molar-refractivity contribution in [3.8, 4) is 0 Å². The van der Waals surface area contributed by atoms with Crippen molar-refractivity contribution >= 4 is 11.3 Å². The van der Waals surface area contributed by atoms with Crippen LogP contribution in [0.25, 0.3) is 0 Å². The molecule has 1 fully saturated rings. The first-order valence-electron chi connectivity index (χ1n) is 5.16. The predicted octanol–water partition coefficient (Wildman–Crippen LogP) is 1.33. The molecule has 2 heterocycles. The number of nitrogens with one attached hydrogen (secondary N) is 1. The van der Waals surface area contributed by atoms with Crippen LogP contribution < -0.4 is 5.32 Å². The maximum absolute atomic E-state index is 4.11. The minimum atomic E-state index is 0.724.